The molecule has 0 bridgehead atoms. The second-order valence-corrected chi connectivity index (χ2v) is 7.83. The first kappa shape index (κ1) is 22.5. The number of benzene rings is 3. The van der Waals surface area contributed by atoms with Crippen LogP contribution in [0.15, 0.2) is 77.6 Å². The van der Waals surface area contributed by atoms with Crippen molar-refractivity contribution in [3.63, 3.8) is 0 Å². The predicted octanol–water partition coefficient (Wildman–Crippen LogP) is 5.85. The van der Waals surface area contributed by atoms with Crippen molar-refractivity contribution in [1.29, 1.82) is 0 Å². The predicted molar refractivity (Wildman–Crippen MR) is 128 cm³/mol. The van der Waals surface area contributed by atoms with Crippen molar-refractivity contribution >= 4 is 10.9 Å². The van der Waals surface area contributed by atoms with Gasteiger partial charge in [0, 0.05) is 12.1 Å². The van der Waals surface area contributed by atoms with Crippen molar-refractivity contribution in [1.82, 2.24) is 9.55 Å². The molecule has 6 heteroatoms. The van der Waals surface area contributed by atoms with Crippen LogP contribution in [0, 0.1) is 5.82 Å². The maximum Gasteiger partial charge on any atom is 0.261 e. The lowest BCUT2D eigenvalue weighted by Gasteiger charge is -2.14. The summed E-state index contributed by atoms with van der Waals surface area (Å²) in [4.78, 5) is 18.0. The van der Waals surface area contributed by atoms with Gasteiger partial charge in [0.2, 0.25) is 0 Å². The number of hydrogen-bond donors (Lipinski definition) is 0. The third kappa shape index (κ3) is 5.40. The molecule has 0 aliphatic heterocycles. The van der Waals surface area contributed by atoms with Crippen LogP contribution < -0.4 is 15.0 Å². The highest BCUT2D eigenvalue weighted by Gasteiger charge is 2.13. The molecular formula is C27H27FN2O3. The van der Waals surface area contributed by atoms with Crippen LogP contribution in [0.4, 0.5) is 4.39 Å². The number of halogens is 1. The third-order valence-corrected chi connectivity index (χ3v) is 5.58. The first-order valence-corrected chi connectivity index (χ1v) is 11.2. The molecule has 0 saturated heterocycles. The van der Waals surface area contributed by atoms with E-state index in [0.29, 0.717) is 29.9 Å². The molecule has 0 aliphatic rings. The van der Waals surface area contributed by atoms with Gasteiger partial charge in [0.1, 0.15) is 11.6 Å². The summed E-state index contributed by atoms with van der Waals surface area (Å²) in [5.74, 6) is 1.36. The molecule has 0 spiro atoms. The molecule has 0 atom stereocenters. The maximum atomic E-state index is 13.6. The number of ether oxygens (including phenoxy) is 2. The zero-order valence-corrected chi connectivity index (χ0v) is 18.7. The van der Waals surface area contributed by atoms with Crippen molar-refractivity contribution < 1.29 is 13.9 Å². The fraction of sp³-hybridized carbons (Fsp3) is 0.259. The molecule has 0 unspecified atom stereocenters. The van der Waals surface area contributed by atoms with E-state index in [4.69, 9.17) is 14.5 Å². The summed E-state index contributed by atoms with van der Waals surface area (Å²) < 4.78 is 26.1. The van der Waals surface area contributed by atoms with Gasteiger partial charge in [-0.05, 0) is 61.4 Å². The van der Waals surface area contributed by atoms with Crippen molar-refractivity contribution in [2.45, 2.75) is 32.2 Å². The van der Waals surface area contributed by atoms with Gasteiger partial charge in [0.25, 0.3) is 5.56 Å². The molecule has 0 saturated carbocycles. The molecule has 0 amide bonds. The van der Waals surface area contributed by atoms with Crippen LogP contribution in [0.25, 0.3) is 22.3 Å². The molecule has 1 aromatic heterocycles. The maximum absolute atomic E-state index is 13.6. The monoisotopic (exact) mass is 446 g/mol. The zero-order chi connectivity index (χ0) is 23.0. The molecule has 0 fully saturated rings. The van der Waals surface area contributed by atoms with E-state index in [2.05, 4.69) is 0 Å². The third-order valence-electron chi connectivity index (χ3n) is 5.58. The molecule has 0 aliphatic carbocycles. The van der Waals surface area contributed by atoms with Gasteiger partial charge in [-0.1, -0.05) is 37.1 Å². The summed E-state index contributed by atoms with van der Waals surface area (Å²) in [6, 6.07) is 21.5. The summed E-state index contributed by atoms with van der Waals surface area (Å²) in [5.41, 5.74) is 1.53. The summed E-state index contributed by atoms with van der Waals surface area (Å²) in [7, 11) is 1.63. The SMILES string of the molecule is COc1ccc(-c2nc3ccccc3c(=O)n2CCCCCCOc2ccccc2F)cc1. The molecule has 0 N–H and O–H groups in total. The van der Waals surface area contributed by atoms with Gasteiger partial charge in [-0.2, -0.15) is 0 Å². The molecule has 4 aromatic rings. The molecular weight excluding hydrogens is 419 g/mol. The van der Waals surface area contributed by atoms with Crippen molar-refractivity contribution in [2.24, 2.45) is 0 Å². The highest BCUT2D eigenvalue weighted by molar-refractivity contribution is 5.79. The number of nitrogens with zero attached hydrogens (tertiary/aromatic N) is 2. The molecule has 170 valence electrons. The second-order valence-electron chi connectivity index (χ2n) is 7.83. The van der Waals surface area contributed by atoms with Gasteiger partial charge in [0.05, 0.1) is 24.6 Å². The van der Waals surface area contributed by atoms with E-state index in [1.54, 1.807) is 29.9 Å². The average Bonchev–Trinajstić information content (AvgIpc) is 2.85. The Balaban J connectivity index is 1.42. The molecule has 1 heterocycles. The summed E-state index contributed by atoms with van der Waals surface area (Å²) >= 11 is 0. The lowest BCUT2D eigenvalue weighted by atomic mass is 10.1. The Morgan fingerprint density at radius 3 is 2.39 bits per heavy atom. The second kappa shape index (κ2) is 10.8. The molecule has 3 aromatic carbocycles. The van der Waals surface area contributed by atoms with Gasteiger partial charge in [-0.3, -0.25) is 9.36 Å². The largest absolute Gasteiger partial charge is 0.497 e. The Kier molecular flexibility index (Phi) is 7.35. The van der Waals surface area contributed by atoms with Crippen LogP contribution in [-0.4, -0.2) is 23.3 Å². The lowest BCUT2D eigenvalue weighted by Crippen LogP contribution is -2.23. The minimum absolute atomic E-state index is 0.0331. The minimum Gasteiger partial charge on any atom is -0.497 e. The summed E-state index contributed by atoms with van der Waals surface area (Å²) in [6.07, 6.45) is 3.53. The number of aromatic nitrogens is 2. The smallest absolute Gasteiger partial charge is 0.261 e. The number of para-hydroxylation sites is 2. The molecule has 5 nitrogen and oxygen atoms in total. The van der Waals surface area contributed by atoms with Crippen LogP contribution in [0.1, 0.15) is 25.7 Å². The Bertz CT molecular complexity index is 1270. The van der Waals surface area contributed by atoms with E-state index in [-0.39, 0.29) is 17.1 Å². The quantitative estimate of drug-likeness (QED) is 0.287. The Morgan fingerprint density at radius 1 is 0.879 bits per heavy atom. The van der Waals surface area contributed by atoms with Crippen LogP contribution in [0.2, 0.25) is 0 Å². The van der Waals surface area contributed by atoms with Gasteiger partial charge in [0.15, 0.2) is 11.6 Å². The van der Waals surface area contributed by atoms with Crippen LogP contribution in [-0.2, 0) is 6.54 Å². The van der Waals surface area contributed by atoms with Crippen LogP contribution in [0.3, 0.4) is 0 Å². The standard InChI is InChI=1S/C27H27FN2O3/c1-32-21-16-14-20(15-17-21)26-29-24-12-6-4-10-22(24)27(31)30(26)18-8-2-3-9-19-33-25-13-7-5-11-23(25)28/h4-7,10-17H,2-3,8-9,18-19H2,1H3. The van der Waals surface area contributed by atoms with Gasteiger partial charge < -0.3 is 9.47 Å². The van der Waals surface area contributed by atoms with E-state index < -0.39 is 0 Å². The first-order chi connectivity index (χ1) is 16.2. The number of rotatable bonds is 10. The Labute approximate surface area is 192 Å². The fourth-order valence-electron chi connectivity index (χ4n) is 3.81. The van der Waals surface area contributed by atoms with Crippen molar-refractivity contribution in [2.75, 3.05) is 13.7 Å². The zero-order valence-electron chi connectivity index (χ0n) is 18.7. The normalized spacial score (nSPS) is 11.0. The van der Waals surface area contributed by atoms with Crippen molar-refractivity contribution in [3.05, 3.63) is 89.0 Å². The lowest BCUT2D eigenvalue weighted by molar-refractivity contribution is 0.289. The van der Waals surface area contributed by atoms with E-state index in [0.717, 1.165) is 37.0 Å². The summed E-state index contributed by atoms with van der Waals surface area (Å²) in [5, 5.41) is 0.619. The first-order valence-electron chi connectivity index (χ1n) is 11.2. The minimum atomic E-state index is -0.341. The van der Waals surface area contributed by atoms with E-state index in [1.807, 2.05) is 48.5 Å². The average molecular weight is 447 g/mol. The molecule has 0 radical (unpaired) electrons. The van der Waals surface area contributed by atoms with E-state index >= 15 is 0 Å². The topological polar surface area (TPSA) is 53.3 Å². The highest BCUT2D eigenvalue weighted by Crippen LogP contribution is 2.22. The Hall–Kier alpha value is -3.67. The van der Waals surface area contributed by atoms with Gasteiger partial charge >= 0.3 is 0 Å². The van der Waals surface area contributed by atoms with Crippen LogP contribution in [0.5, 0.6) is 11.5 Å². The Morgan fingerprint density at radius 2 is 1.61 bits per heavy atom. The molecule has 33 heavy (non-hydrogen) atoms. The van der Waals surface area contributed by atoms with E-state index in [9.17, 15) is 9.18 Å². The van der Waals surface area contributed by atoms with E-state index in [1.165, 1.54) is 6.07 Å². The van der Waals surface area contributed by atoms with Gasteiger partial charge in [-0.15, -0.1) is 0 Å². The van der Waals surface area contributed by atoms with Gasteiger partial charge in [-0.25, -0.2) is 9.37 Å². The number of hydrogen-bond acceptors (Lipinski definition) is 4. The number of unbranched alkanes of at least 4 members (excludes halogenated alkanes) is 3. The summed E-state index contributed by atoms with van der Waals surface area (Å²) in [6.45, 7) is 1.04. The van der Waals surface area contributed by atoms with Crippen molar-refractivity contribution in [3.8, 4) is 22.9 Å². The molecule has 4 rings (SSSR count). The van der Waals surface area contributed by atoms with Crippen LogP contribution >= 0.6 is 0 Å². The highest BCUT2D eigenvalue weighted by atomic mass is 19.1. The fourth-order valence-corrected chi connectivity index (χ4v) is 3.81. The number of fused-ring (bicyclic) bond motifs is 1. The number of methoxy groups -OCH3 is 1.